The van der Waals surface area contributed by atoms with Gasteiger partial charge in [-0.25, -0.2) is 4.79 Å². The second kappa shape index (κ2) is 7.28. The Morgan fingerprint density at radius 3 is 2.87 bits per heavy atom. The highest BCUT2D eigenvalue weighted by Gasteiger charge is 2.27. The molecule has 0 bridgehead atoms. The van der Waals surface area contributed by atoms with E-state index in [1.807, 2.05) is 11.5 Å². The zero-order valence-electron chi connectivity index (χ0n) is 13.7. The van der Waals surface area contributed by atoms with Gasteiger partial charge in [0.1, 0.15) is 29.3 Å². The van der Waals surface area contributed by atoms with Gasteiger partial charge in [-0.1, -0.05) is 6.92 Å². The van der Waals surface area contributed by atoms with Crippen molar-refractivity contribution in [2.24, 2.45) is 0 Å². The van der Waals surface area contributed by atoms with Crippen molar-refractivity contribution in [3.05, 3.63) is 35.8 Å². The molecule has 0 aliphatic rings. The first-order valence-corrected chi connectivity index (χ1v) is 7.60. The fourth-order valence-corrected chi connectivity index (χ4v) is 2.16. The summed E-state index contributed by atoms with van der Waals surface area (Å²) < 4.78 is 7.29. The van der Waals surface area contributed by atoms with Crippen LogP contribution in [0.3, 0.4) is 0 Å². The molecule has 1 unspecified atom stereocenters. The van der Waals surface area contributed by atoms with E-state index in [1.54, 1.807) is 32.3 Å². The minimum Gasteiger partial charge on any atom is -0.463 e. The number of aryl methyl sites for hydroxylation is 2. The molecule has 2 heterocycles. The summed E-state index contributed by atoms with van der Waals surface area (Å²) in [5.74, 6) is 2.01. The number of amides is 2. The number of carbonyl (C=O) groups excluding carboxylic acids is 1. The van der Waals surface area contributed by atoms with E-state index in [9.17, 15) is 9.90 Å². The molecule has 0 fully saturated rings. The first-order valence-electron chi connectivity index (χ1n) is 7.60. The molecule has 0 spiro atoms. The molecule has 2 aromatic heterocycles. The third-order valence-corrected chi connectivity index (χ3v) is 3.51. The number of nitrogens with one attached hydrogen (secondary N) is 2. The van der Waals surface area contributed by atoms with Crippen LogP contribution in [0.15, 0.2) is 22.9 Å². The van der Waals surface area contributed by atoms with Gasteiger partial charge in [0, 0.05) is 19.5 Å². The summed E-state index contributed by atoms with van der Waals surface area (Å²) in [7, 11) is 0. The van der Waals surface area contributed by atoms with Gasteiger partial charge in [-0.05, 0) is 26.0 Å². The topological polar surface area (TPSA) is 105 Å². The maximum atomic E-state index is 11.8. The lowest BCUT2D eigenvalue weighted by Gasteiger charge is -2.21. The van der Waals surface area contributed by atoms with Crippen LogP contribution >= 0.6 is 0 Å². The molecule has 1 atom stereocenters. The number of furan rings is 1. The Morgan fingerprint density at radius 2 is 2.22 bits per heavy atom. The second-order valence-electron chi connectivity index (χ2n) is 5.59. The van der Waals surface area contributed by atoms with Gasteiger partial charge in [-0.3, -0.25) is 0 Å². The van der Waals surface area contributed by atoms with Crippen molar-refractivity contribution >= 4 is 6.03 Å². The lowest BCUT2D eigenvalue weighted by molar-refractivity contribution is 0.0360. The molecular weight excluding hydrogens is 298 g/mol. The SMILES string of the molecule is CCc1nncn1CCNC(=O)NCC(C)(O)c1ccc(C)o1. The molecule has 0 aliphatic carbocycles. The Balaban J connectivity index is 1.74. The molecule has 0 radical (unpaired) electrons. The van der Waals surface area contributed by atoms with Crippen LogP contribution < -0.4 is 10.6 Å². The Hall–Kier alpha value is -2.35. The van der Waals surface area contributed by atoms with E-state index < -0.39 is 5.60 Å². The number of hydrogen-bond donors (Lipinski definition) is 3. The average Bonchev–Trinajstić information content (AvgIpc) is 3.14. The molecule has 8 heteroatoms. The molecule has 23 heavy (non-hydrogen) atoms. The standard InChI is InChI=1S/C15H23N5O3/c1-4-13-19-18-10-20(13)8-7-16-14(21)17-9-15(3,22)12-6-5-11(2)23-12/h5-6,10,22H,4,7-9H2,1-3H3,(H2,16,17,21). The number of hydrogen-bond acceptors (Lipinski definition) is 5. The number of carbonyl (C=O) groups is 1. The van der Waals surface area contributed by atoms with Gasteiger partial charge < -0.3 is 24.7 Å². The van der Waals surface area contributed by atoms with Crippen molar-refractivity contribution in [3.8, 4) is 0 Å². The quantitative estimate of drug-likeness (QED) is 0.704. The van der Waals surface area contributed by atoms with Crippen molar-refractivity contribution in [3.63, 3.8) is 0 Å². The fourth-order valence-electron chi connectivity index (χ4n) is 2.16. The van der Waals surface area contributed by atoms with E-state index >= 15 is 0 Å². The van der Waals surface area contributed by atoms with Crippen molar-refractivity contribution < 1.29 is 14.3 Å². The van der Waals surface area contributed by atoms with Gasteiger partial charge in [0.15, 0.2) is 0 Å². The Bertz CT molecular complexity index is 647. The summed E-state index contributed by atoms with van der Waals surface area (Å²) in [5.41, 5.74) is -1.25. The number of urea groups is 1. The summed E-state index contributed by atoms with van der Waals surface area (Å²) in [5, 5.41) is 23.5. The second-order valence-corrected chi connectivity index (χ2v) is 5.59. The number of aromatic nitrogens is 3. The fraction of sp³-hybridized carbons (Fsp3) is 0.533. The van der Waals surface area contributed by atoms with Crippen molar-refractivity contribution in [1.82, 2.24) is 25.4 Å². The zero-order valence-corrected chi connectivity index (χ0v) is 13.7. The van der Waals surface area contributed by atoms with Crippen molar-refractivity contribution in [1.29, 1.82) is 0 Å². The molecule has 2 amide bonds. The first kappa shape index (κ1) is 17.0. The molecule has 0 saturated carbocycles. The molecule has 8 nitrogen and oxygen atoms in total. The lowest BCUT2D eigenvalue weighted by Crippen LogP contribution is -2.44. The molecule has 0 aromatic carbocycles. The Labute approximate surface area is 134 Å². The summed E-state index contributed by atoms with van der Waals surface area (Å²) in [4.78, 5) is 11.8. The molecule has 2 rings (SSSR count). The molecule has 0 saturated heterocycles. The van der Waals surface area contributed by atoms with Gasteiger partial charge in [0.05, 0.1) is 6.54 Å². The first-order chi connectivity index (χ1) is 10.9. The van der Waals surface area contributed by atoms with E-state index in [-0.39, 0.29) is 12.6 Å². The highest BCUT2D eigenvalue weighted by atomic mass is 16.4. The van der Waals surface area contributed by atoms with Crippen LogP contribution in [-0.4, -0.2) is 39.0 Å². The normalized spacial score (nSPS) is 13.6. The van der Waals surface area contributed by atoms with Crippen LogP contribution in [0, 0.1) is 6.92 Å². The van der Waals surface area contributed by atoms with Gasteiger partial charge in [-0.2, -0.15) is 0 Å². The van der Waals surface area contributed by atoms with E-state index in [2.05, 4.69) is 20.8 Å². The summed E-state index contributed by atoms with van der Waals surface area (Å²) in [6.07, 6.45) is 2.43. The lowest BCUT2D eigenvalue weighted by atomic mass is 10.0. The largest absolute Gasteiger partial charge is 0.463 e. The van der Waals surface area contributed by atoms with E-state index in [0.717, 1.165) is 12.2 Å². The average molecular weight is 321 g/mol. The van der Waals surface area contributed by atoms with Gasteiger partial charge in [0.25, 0.3) is 0 Å². The van der Waals surface area contributed by atoms with E-state index in [0.29, 0.717) is 24.6 Å². The van der Waals surface area contributed by atoms with E-state index in [1.165, 1.54) is 0 Å². The molecular formula is C15H23N5O3. The highest BCUT2D eigenvalue weighted by Crippen LogP contribution is 2.21. The predicted octanol–water partition coefficient (Wildman–Crippen LogP) is 0.949. The maximum absolute atomic E-state index is 11.8. The van der Waals surface area contributed by atoms with Crippen LogP contribution in [0.25, 0.3) is 0 Å². The third-order valence-electron chi connectivity index (χ3n) is 3.51. The van der Waals surface area contributed by atoms with Crippen LogP contribution in [0.5, 0.6) is 0 Å². The molecule has 2 aromatic rings. The minimum atomic E-state index is -1.25. The van der Waals surface area contributed by atoms with Crippen LogP contribution in [0.1, 0.15) is 31.2 Å². The number of aliphatic hydroxyl groups is 1. The number of rotatable bonds is 7. The predicted molar refractivity (Wildman–Crippen MR) is 83.8 cm³/mol. The van der Waals surface area contributed by atoms with Crippen molar-refractivity contribution in [2.75, 3.05) is 13.1 Å². The van der Waals surface area contributed by atoms with Gasteiger partial charge >= 0.3 is 6.03 Å². The smallest absolute Gasteiger partial charge is 0.314 e. The Kier molecular flexibility index (Phi) is 5.38. The zero-order chi connectivity index (χ0) is 16.9. The molecule has 126 valence electrons. The van der Waals surface area contributed by atoms with Gasteiger partial charge in [-0.15, -0.1) is 10.2 Å². The molecule has 0 aliphatic heterocycles. The molecule has 3 N–H and O–H groups in total. The summed E-state index contributed by atoms with van der Waals surface area (Å²) >= 11 is 0. The monoisotopic (exact) mass is 321 g/mol. The summed E-state index contributed by atoms with van der Waals surface area (Å²) in [6.45, 7) is 6.49. The van der Waals surface area contributed by atoms with E-state index in [4.69, 9.17) is 4.42 Å². The van der Waals surface area contributed by atoms with Crippen LogP contribution in [-0.2, 0) is 18.6 Å². The third kappa shape index (κ3) is 4.56. The summed E-state index contributed by atoms with van der Waals surface area (Å²) in [6, 6.07) is 3.13. The minimum absolute atomic E-state index is 0.0542. The maximum Gasteiger partial charge on any atom is 0.314 e. The van der Waals surface area contributed by atoms with Gasteiger partial charge in [0.2, 0.25) is 0 Å². The van der Waals surface area contributed by atoms with Crippen molar-refractivity contribution in [2.45, 2.75) is 39.3 Å². The van der Waals surface area contributed by atoms with Crippen LogP contribution in [0.2, 0.25) is 0 Å². The number of nitrogens with zero attached hydrogens (tertiary/aromatic N) is 3. The highest BCUT2D eigenvalue weighted by molar-refractivity contribution is 5.73. The Morgan fingerprint density at radius 1 is 1.43 bits per heavy atom. The van der Waals surface area contributed by atoms with Crippen LogP contribution in [0.4, 0.5) is 4.79 Å².